The van der Waals surface area contributed by atoms with Gasteiger partial charge in [-0.25, -0.2) is 8.42 Å². The van der Waals surface area contributed by atoms with E-state index in [0.717, 1.165) is 15.4 Å². The van der Waals surface area contributed by atoms with Crippen molar-refractivity contribution < 1.29 is 18.0 Å². The van der Waals surface area contributed by atoms with Crippen molar-refractivity contribution in [2.24, 2.45) is 0 Å². The highest BCUT2D eigenvalue weighted by Crippen LogP contribution is 2.37. The van der Waals surface area contributed by atoms with Crippen LogP contribution in [-0.2, 0) is 10.0 Å². The lowest BCUT2D eigenvalue weighted by Crippen LogP contribution is -2.42. The molecule has 0 aliphatic carbocycles. The van der Waals surface area contributed by atoms with Crippen molar-refractivity contribution in [1.82, 2.24) is 9.62 Å². The molecule has 0 spiro atoms. The molecule has 6 nitrogen and oxygen atoms in total. The number of ketones is 2. The van der Waals surface area contributed by atoms with Crippen LogP contribution in [-0.4, -0.2) is 37.9 Å². The van der Waals surface area contributed by atoms with E-state index < -0.39 is 28.1 Å². The molecule has 0 radical (unpaired) electrons. The highest BCUT2D eigenvalue weighted by atomic mass is 32.2. The van der Waals surface area contributed by atoms with Gasteiger partial charge >= 0.3 is 0 Å². The maximum atomic E-state index is 13.8. The molecule has 1 N–H and O–H groups in total. The molecular weight excluding hydrogens is 484 g/mol. The molecule has 4 aromatic rings. The number of carbonyl (C=O) groups excluding carboxylic acids is 2. The summed E-state index contributed by atoms with van der Waals surface area (Å²) in [5, 5.41) is 3.01. The number of rotatable bonds is 7. The van der Waals surface area contributed by atoms with Gasteiger partial charge in [0, 0.05) is 23.7 Å². The number of nitrogens with zero attached hydrogens (tertiary/aromatic N) is 1. The van der Waals surface area contributed by atoms with Gasteiger partial charge in [0.05, 0.1) is 17.1 Å². The molecule has 4 aromatic carbocycles. The van der Waals surface area contributed by atoms with Gasteiger partial charge in [0.15, 0.2) is 5.78 Å². The van der Waals surface area contributed by atoms with Crippen LogP contribution in [0.4, 0.5) is 0 Å². The Labute approximate surface area is 215 Å². The van der Waals surface area contributed by atoms with Crippen molar-refractivity contribution in [1.29, 1.82) is 0 Å². The van der Waals surface area contributed by atoms with Crippen LogP contribution in [0.2, 0.25) is 0 Å². The maximum absolute atomic E-state index is 13.8. The zero-order chi connectivity index (χ0) is 26.0. The van der Waals surface area contributed by atoms with Crippen molar-refractivity contribution >= 4 is 27.3 Å². The molecule has 1 aliphatic rings. The lowest BCUT2D eigenvalue weighted by Gasteiger charge is -2.33. The normalized spacial score (nSPS) is 14.1. The summed E-state index contributed by atoms with van der Waals surface area (Å²) >= 11 is 0. The summed E-state index contributed by atoms with van der Waals surface area (Å²) in [7, 11) is -2.56. The molecule has 0 amide bonds. The number of allylic oxidation sites excluding steroid dienone is 1. The topological polar surface area (TPSA) is 83.6 Å². The Hall–Kier alpha value is -4.49. The first-order valence-corrected chi connectivity index (χ1v) is 13.2. The highest BCUT2D eigenvalue weighted by molar-refractivity contribution is 7.89. The Morgan fingerprint density at radius 3 is 1.92 bits per heavy atom. The van der Waals surface area contributed by atoms with Gasteiger partial charge in [-0.3, -0.25) is 13.9 Å². The second kappa shape index (κ2) is 9.87. The van der Waals surface area contributed by atoms with Gasteiger partial charge in [0.25, 0.3) is 10.0 Å². The minimum absolute atomic E-state index is 0.0381. The lowest BCUT2D eigenvalue weighted by atomic mass is 10.0. The van der Waals surface area contributed by atoms with Gasteiger partial charge in [-0.05, 0) is 17.2 Å². The number of hydrogen-bond donors (Lipinski definition) is 1. The minimum Gasteiger partial charge on any atom is -0.386 e. The molecule has 0 saturated carbocycles. The molecule has 184 valence electrons. The van der Waals surface area contributed by atoms with Crippen LogP contribution in [0, 0.1) is 0 Å². The van der Waals surface area contributed by atoms with Crippen LogP contribution in [0.15, 0.2) is 120 Å². The van der Waals surface area contributed by atoms with E-state index in [0.29, 0.717) is 22.4 Å². The molecule has 0 unspecified atom stereocenters. The third-order valence-electron chi connectivity index (χ3n) is 6.31. The average molecular weight is 509 g/mol. The van der Waals surface area contributed by atoms with E-state index >= 15 is 0 Å². The second-order valence-electron chi connectivity index (χ2n) is 8.54. The van der Waals surface area contributed by atoms with E-state index in [1.165, 1.54) is 6.07 Å². The largest absolute Gasteiger partial charge is 0.386 e. The molecule has 0 aromatic heterocycles. The summed E-state index contributed by atoms with van der Waals surface area (Å²) in [6.45, 7) is -0.513. The van der Waals surface area contributed by atoms with Crippen LogP contribution in [0.3, 0.4) is 0 Å². The molecule has 1 aliphatic heterocycles. The van der Waals surface area contributed by atoms with Gasteiger partial charge < -0.3 is 5.32 Å². The maximum Gasteiger partial charge on any atom is 0.265 e. The number of nitrogens with one attached hydrogen (secondary N) is 1. The first-order chi connectivity index (χ1) is 17.9. The predicted molar refractivity (Wildman–Crippen MR) is 143 cm³/mol. The van der Waals surface area contributed by atoms with Gasteiger partial charge in [0.1, 0.15) is 5.70 Å². The van der Waals surface area contributed by atoms with Crippen LogP contribution < -0.4 is 5.32 Å². The highest BCUT2D eigenvalue weighted by Gasteiger charge is 2.40. The number of fused-ring (bicyclic) bond motifs is 1. The van der Waals surface area contributed by atoms with Crippen LogP contribution >= 0.6 is 0 Å². The molecule has 0 fully saturated rings. The predicted octanol–water partition coefficient (Wildman–Crippen LogP) is 5.01. The smallest absolute Gasteiger partial charge is 0.265 e. The van der Waals surface area contributed by atoms with Crippen molar-refractivity contribution in [3.63, 3.8) is 0 Å². The number of carbonyl (C=O) groups is 2. The van der Waals surface area contributed by atoms with E-state index in [9.17, 15) is 18.0 Å². The van der Waals surface area contributed by atoms with Crippen molar-refractivity contribution in [2.45, 2.75) is 4.90 Å². The van der Waals surface area contributed by atoms with Crippen molar-refractivity contribution in [3.8, 4) is 11.1 Å². The molecule has 1 heterocycles. The monoisotopic (exact) mass is 508 g/mol. The fourth-order valence-electron chi connectivity index (χ4n) is 4.46. The van der Waals surface area contributed by atoms with E-state index in [1.54, 1.807) is 67.7 Å². The average Bonchev–Trinajstić information content (AvgIpc) is 2.95. The first-order valence-electron chi connectivity index (χ1n) is 11.7. The number of benzene rings is 4. The zero-order valence-corrected chi connectivity index (χ0v) is 20.9. The van der Waals surface area contributed by atoms with Crippen LogP contribution in [0.25, 0.3) is 16.8 Å². The van der Waals surface area contributed by atoms with Crippen LogP contribution in [0.5, 0.6) is 0 Å². The summed E-state index contributed by atoms with van der Waals surface area (Å²) in [5.41, 5.74) is 3.28. The molecule has 5 rings (SSSR count). The number of Topliss-reactive ketones (excluding diaryl/α,β-unsaturated/α-hetero) is 2. The first kappa shape index (κ1) is 24.2. The molecule has 0 atom stereocenters. The van der Waals surface area contributed by atoms with Crippen molar-refractivity contribution in [3.05, 3.63) is 132 Å². The summed E-state index contributed by atoms with van der Waals surface area (Å²) in [4.78, 5) is 27.1. The summed E-state index contributed by atoms with van der Waals surface area (Å²) in [6.07, 6.45) is 0. The summed E-state index contributed by atoms with van der Waals surface area (Å²) in [5.74, 6) is -0.911. The Morgan fingerprint density at radius 2 is 1.27 bits per heavy atom. The minimum atomic E-state index is -4.19. The Morgan fingerprint density at radius 1 is 0.703 bits per heavy atom. The fourth-order valence-corrected chi connectivity index (χ4v) is 6.10. The summed E-state index contributed by atoms with van der Waals surface area (Å²) in [6, 6.07) is 31.7. The third kappa shape index (κ3) is 4.45. The quantitative estimate of drug-likeness (QED) is 0.355. The van der Waals surface area contributed by atoms with Gasteiger partial charge in [-0.2, -0.15) is 0 Å². The Bertz CT molecular complexity index is 1610. The second-order valence-corrected chi connectivity index (χ2v) is 10.4. The van der Waals surface area contributed by atoms with Gasteiger partial charge in [-0.1, -0.05) is 103 Å². The summed E-state index contributed by atoms with van der Waals surface area (Å²) < 4.78 is 28.5. The zero-order valence-electron chi connectivity index (χ0n) is 20.1. The van der Waals surface area contributed by atoms with Crippen molar-refractivity contribution in [2.75, 3.05) is 13.6 Å². The van der Waals surface area contributed by atoms with E-state index in [2.05, 4.69) is 5.32 Å². The molecule has 0 bridgehead atoms. The van der Waals surface area contributed by atoms with E-state index in [4.69, 9.17) is 0 Å². The number of sulfonamides is 1. The Kier molecular flexibility index (Phi) is 6.46. The molecule has 7 heteroatoms. The SMILES string of the molecule is CNC1=C(C(=O)c2ccccc2)N(CC(=O)c2ccc(-c3ccccc3)cc2)S(=O)(=O)c2ccccc21. The molecule has 0 saturated heterocycles. The van der Waals surface area contributed by atoms with E-state index in [1.807, 2.05) is 42.5 Å². The Balaban J connectivity index is 1.57. The van der Waals surface area contributed by atoms with Gasteiger partial charge in [-0.15, -0.1) is 0 Å². The molecular formula is C30H24N2O4S. The van der Waals surface area contributed by atoms with Gasteiger partial charge in [0.2, 0.25) is 5.78 Å². The van der Waals surface area contributed by atoms with E-state index in [-0.39, 0.29) is 10.6 Å². The third-order valence-corrected chi connectivity index (χ3v) is 8.12. The lowest BCUT2D eigenvalue weighted by molar-refractivity contribution is 0.0958. The van der Waals surface area contributed by atoms with Crippen LogP contribution in [0.1, 0.15) is 26.3 Å². The number of hydrogen-bond acceptors (Lipinski definition) is 5. The standard InChI is InChI=1S/C30H24N2O4S/c1-31-28-25-14-8-9-15-27(25)37(35,36)32(29(28)30(34)24-12-6-3-7-13-24)20-26(33)23-18-16-22(17-19-23)21-10-4-2-5-11-21/h2-19,31H,20H2,1H3. The molecule has 37 heavy (non-hydrogen) atoms. The fraction of sp³-hybridized carbons (Fsp3) is 0.0667.